The van der Waals surface area contributed by atoms with Crippen LogP contribution in [0, 0.1) is 0 Å². The van der Waals surface area contributed by atoms with E-state index in [0.29, 0.717) is 29.5 Å². The Hall–Kier alpha value is -0.821. The third-order valence-electron chi connectivity index (χ3n) is 3.95. The van der Waals surface area contributed by atoms with Gasteiger partial charge in [-0.05, 0) is 0 Å². The van der Waals surface area contributed by atoms with Gasteiger partial charge in [-0.15, -0.1) is 0 Å². The van der Waals surface area contributed by atoms with Crippen molar-refractivity contribution in [3.63, 3.8) is 0 Å². The second-order valence-electron chi connectivity index (χ2n) is 5.58. The van der Waals surface area contributed by atoms with Crippen LogP contribution in [0.1, 0.15) is 19.8 Å². The molecule has 0 saturated carbocycles. The van der Waals surface area contributed by atoms with Crippen molar-refractivity contribution in [1.82, 2.24) is 0 Å². The van der Waals surface area contributed by atoms with E-state index in [9.17, 15) is 0 Å². The van der Waals surface area contributed by atoms with Gasteiger partial charge in [0.05, 0.1) is 0 Å². The van der Waals surface area contributed by atoms with Gasteiger partial charge in [0.15, 0.2) is 0 Å². The molecule has 23 heavy (non-hydrogen) atoms. The van der Waals surface area contributed by atoms with Crippen molar-refractivity contribution in [2.45, 2.75) is 25.1 Å². The van der Waals surface area contributed by atoms with Gasteiger partial charge in [0, 0.05) is 0 Å². The standard InChI is InChI=1S/C20H18SSe2/c1-2-3-13-22-20-17-19(15-11-7-8-12-16(15)21-17)23-18(20)14-9-5-4-6-10-14/h4-12H,2-3,13H2,1H3. The average Bonchev–Trinajstić information content (AvgIpc) is 3.13. The summed E-state index contributed by atoms with van der Waals surface area (Å²) >= 11 is 3.09. The van der Waals surface area contributed by atoms with Gasteiger partial charge in [-0.2, -0.15) is 0 Å². The summed E-state index contributed by atoms with van der Waals surface area (Å²) in [7, 11) is 0. The number of hydrogen-bond donors (Lipinski definition) is 0. The third kappa shape index (κ3) is 2.97. The first-order chi connectivity index (χ1) is 11.4. The van der Waals surface area contributed by atoms with E-state index in [-0.39, 0.29) is 0 Å². The van der Waals surface area contributed by atoms with Crippen LogP contribution in [0.15, 0.2) is 54.6 Å². The molecule has 0 saturated heterocycles. The molecular formula is C20H18SSe2. The van der Waals surface area contributed by atoms with E-state index in [4.69, 9.17) is 0 Å². The van der Waals surface area contributed by atoms with Gasteiger partial charge in [0.25, 0.3) is 0 Å². The summed E-state index contributed by atoms with van der Waals surface area (Å²) in [5, 5.41) is 2.88. The molecule has 0 unspecified atom stereocenters. The Morgan fingerprint density at radius 2 is 1.78 bits per heavy atom. The Balaban J connectivity index is 1.91. The SMILES string of the molecule is CCCC[Se]c1c(-c2ccccc2)[se]c2c1sc1ccccc12. The summed E-state index contributed by atoms with van der Waals surface area (Å²) in [6, 6.07) is 20.0. The number of benzene rings is 2. The quantitative estimate of drug-likeness (QED) is 0.286. The first kappa shape index (κ1) is 15.7. The Kier molecular flexibility index (Phi) is 4.75. The number of thiophene rings is 1. The summed E-state index contributed by atoms with van der Waals surface area (Å²) in [4.78, 5) is 0. The fourth-order valence-electron chi connectivity index (χ4n) is 2.75. The van der Waals surface area contributed by atoms with E-state index in [0.717, 1.165) is 0 Å². The molecule has 116 valence electrons. The van der Waals surface area contributed by atoms with Crippen LogP contribution in [-0.2, 0) is 0 Å². The summed E-state index contributed by atoms with van der Waals surface area (Å²) < 4.78 is 8.08. The summed E-state index contributed by atoms with van der Waals surface area (Å²) in [5.74, 6) is 0. The van der Waals surface area contributed by atoms with E-state index in [1.165, 1.54) is 33.8 Å². The average molecular weight is 448 g/mol. The predicted octanol–water partition coefficient (Wildman–Crippen LogP) is 5.33. The van der Waals surface area contributed by atoms with Crippen molar-refractivity contribution in [2.75, 3.05) is 0 Å². The molecule has 4 aromatic rings. The minimum atomic E-state index is 0.458. The van der Waals surface area contributed by atoms with Crippen LogP contribution >= 0.6 is 11.3 Å². The van der Waals surface area contributed by atoms with Crippen molar-refractivity contribution in [3.05, 3.63) is 54.6 Å². The second kappa shape index (κ2) is 6.97. The van der Waals surface area contributed by atoms with Crippen LogP contribution in [-0.4, -0.2) is 29.5 Å². The maximum absolute atomic E-state index is 2.32. The zero-order chi connectivity index (χ0) is 15.6. The van der Waals surface area contributed by atoms with Gasteiger partial charge in [0.1, 0.15) is 0 Å². The number of hydrogen-bond acceptors (Lipinski definition) is 1. The van der Waals surface area contributed by atoms with E-state index < -0.39 is 0 Å². The van der Waals surface area contributed by atoms with Crippen LogP contribution in [0.5, 0.6) is 0 Å². The molecule has 0 fully saturated rings. The monoisotopic (exact) mass is 450 g/mol. The molecule has 0 amide bonds. The van der Waals surface area contributed by atoms with Crippen molar-refractivity contribution in [1.29, 1.82) is 0 Å². The van der Waals surface area contributed by atoms with Crippen LogP contribution in [0.2, 0.25) is 5.32 Å². The van der Waals surface area contributed by atoms with Crippen molar-refractivity contribution in [3.8, 4) is 10.0 Å². The molecule has 2 aromatic heterocycles. The topological polar surface area (TPSA) is 0 Å². The number of rotatable bonds is 5. The fourth-order valence-corrected chi connectivity index (χ4v) is 11.3. The third-order valence-corrected chi connectivity index (χ3v) is 11.5. The first-order valence-corrected chi connectivity index (χ1v) is 12.6. The molecule has 0 aliphatic carbocycles. The van der Waals surface area contributed by atoms with Gasteiger partial charge in [-0.1, -0.05) is 0 Å². The molecule has 0 radical (unpaired) electrons. The molecule has 3 heteroatoms. The zero-order valence-electron chi connectivity index (χ0n) is 13.0. The van der Waals surface area contributed by atoms with Gasteiger partial charge in [0.2, 0.25) is 0 Å². The van der Waals surface area contributed by atoms with Crippen LogP contribution in [0.4, 0.5) is 0 Å². The summed E-state index contributed by atoms with van der Waals surface area (Å²) in [5.41, 5.74) is 1.45. The van der Waals surface area contributed by atoms with Crippen molar-refractivity contribution < 1.29 is 0 Å². The molecule has 0 aliphatic heterocycles. The van der Waals surface area contributed by atoms with Crippen molar-refractivity contribution in [2.24, 2.45) is 0 Å². The van der Waals surface area contributed by atoms with E-state index >= 15 is 0 Å². The molecular weight excluding hydrogens is 430 g/mol. The molecule has 0 atom stereocenters. The Morgan fingerprint density at radius 3 is 2.61 bits per heavy atom. The van der Waals surface area contributed by atoms with Gasteiger partial charge in [-0.25, -0.2) is 0 Å². The van der Waals surface area contributed by atoms with Gasteiger partial charge < -0.3 is 0 Å². The summed E-state index contributed by atoms with van der Waals surface area (Å²) in [6.07, 6.45) is 2.67. The molecule has 0 aliphatic rings. The Morgan fingerprint density at radius 1 is 1.00 bits per heavy atom. The van der Waals surface area contributed by atoms with E-state index in [1.807, 2.05) is 11.3 Å². The van der Waals surface area contributed by atoms with Crippen molar-refractivity contribution >= 4 is 64.3 Å². The van der Waals surface area contributed by atoms with Gasteiger partial charge >= 0.3 is 154 Å². The minimum absolute atomic E-state index is 0.458. The number of unbranched alkanes of at least 4 members (excludes halogenated alkanes) is 1. The first-order valence-electron chi connectivity index (χ1n) is 8.00. The second-order valence-corrected chi connectivity index (χ2v) is 11.1. The molecule has 0 spiro atoms. The normalized spacial score (nSPS) is 11.5. The Bertz CT molecular complexity index is 934. The summed E-state index contributed by atoms with van der Waals surface area (Å²) in [6.45, 7) is 2.30. The van der Waals surface area contributed by atoms with Gasteiger partial charge in [-0.3, -0.25) is 0 Å². The molecule has 4 rings (SSSR count). The fraction of sp³-hybridized carbons (Fsp3) is 0.200. The number of fused-ring (bicyclic) bond motifs is 3. The predicted molar refractivity (Wildman–Crippen MR) is 107 cm³/mol. The Labute approximate surface area is 153 Å². The van der Waals surface area contributed by atoms with Crippen LogP contribution < -0.4 is 4.46 Å². The molecule has 0 nitrogen and oxygen atoms in total. The molecule has 0 N–H and O–H groups in total. The van der Waals surface area contributed by atoms with E-state index in [2.05, 4.69) is 61.5 Å². The molecule has 2 aromatic carbocycles. The van der Waals surface area contributed by atoms with Crippen LogP contribution in [0.25, 0.3) is 29.0 Å². The van der Waals surface area contributed by atoms with Crippen LogP contribution in [0.3, 0.4) is 0 Å². The molecule has 2 heterocycles. The zero-order valence-corrected chi connectivity index (χ0v) is 17.3. The molecule has 0 bridgehead atoms. The van der Waals surface area contributed by atoms with E-state index in [1.54, 1.807) is 17.9 Å². The maximum atomic E-state index is 2.32.